The molecule has 1 heterocycles. The SMILES string of the molecule is CC1CCC(COc2cccc(N)c2)O1. The molecule has 2 atom stereocenters. The Bertz CT molecular complexity index is 327. The van der Waals surface area contributed by atoms with Crippen molar-refractivity contribution in [1.29, 1.82) is 0 Å². The van der Waals surface area contributed by atoms with Gasteiger partial charge in [0.25, 0.3) is 0 Å². The van der Waals surface area contributed by atoms with E-state index in [1.54, 1.807) is 0 Å². The predicted octanol–water partition coefficient (Wildman–Crippen LogP) is 2.22. The molecule has 1 saturated heterocycles. The highest BCUT2D eigenvalue weighted by Crippen LogP contribution is 2.21. The maximum Gasteiger partial charge on any atom is 0.121 e. The molecule has 3 heteroatoms. The van der Waals surface area contributed by atoms with Crippen LogP contribution < -0.4 is 10.5 Å². The maximum atomic E-state index is 5.66. The van der Waals surface area contributed by atoms with Crippen LogP contribution in [0.2, 0.25) is 0 Å². The smallest absolute Gasteiger partial charge is 0.121 e. The van der Waals surface area contributed by atoms with Crippen molar-refractivity contribution in [3.8, 4) is 5.75 Å². The number of rotatable bonds is 3. The minimum atomic E-state index is 0.237. The summed E-state index contributed by atoms with van der Waals surface area (Å²) >= 11 is 0. The molecule has 0 aromatic heterocycles. The molecule has 2 N–H and O–H groups in total. The first-order chi connectivity index (χ1) is 7.24. The fourth-order valence-corrected chi connectivity index (χ4v) is 1.80. The van der Waals surface area contributed by atoms with Crippen LogP contribution in [0.25, 0.3) is 0 Å². The molecular formula is C12H17NO2. The van der Waals surface area contributed by atoms with E-state index in [0.29, 0.717) is 12.7 Å². The molecule has 15 heavy (non-hydrogen) atoms. The van der Waals surface area contributed by atoms with Crippen LogP contribution in [0, 0.1) is 0 Å². The van der Waals surface area contributed by atoms with Crippen molar-refractivity contribution >= 4 is 5.69 Å². The Morgan fingerprint density at radius 3 is 3.00 bits per heavy atom. The molecule has 1 aromatic rings. The molecule has 1 aliphatic rings. The normalized spacial score (nSPS) is 25.4. The van der Waals surface area contributed by atoms with Crippen LogP contribution in [-0.2, 0) is 4.74 Å². The van der Waals surface area contributed by atoms with Gasteiger partial charge in [-0.1, -0.05) is 6.07 Å². The Morgan fingerprint density at radius 2 is 2.33 bits per heavy atom. The van der Waals surface area contributed by atoms with Gasteiger partial charge in [0.2, 0.25) is 0 Å². The van der Waals surface area contributed by atoms with E-state index in [1.165, 1.54) is 0 Å². The topological polar surface area (TPSA) is 44.5 Å². The number of benzene rings is 1. The Morgan fingerprint density at radius 1 is 1.47 bits per heavy atom. The van der Waals surface area contributed by atoms with E-state index < -0.39 is 0 Å². The van der Waals surface area contributed by atoms with E-state index in [9.17, 15) is 0 Å². The Hall–Kier alpha value is -1.22. The van der Waals surface area contributed by atoms with Gasteiger partial charge in [-0.25, -0.2) is 0 Å². The number of hydrogen-bond donors (Lipinski definition) is 1. The number of nitrogen functional groups attached to an aromatic ring is 1. The van der Waals surface area contributed by atoms with E-state index >= 15 is 0 Å². The van der Waals surface area contributed by atoms with Crippen LogP contribution in [0.3, 0.4) is 0 Å². The molecule has 0 bridgehead atoms. The molecule has 0 spiro atoms. The van der Waals surface area contributed by atoms with Crippen molar-refractivity contribution < 1.29 is 9.47 Å². The number of nitrogens with two attached hydrogens (primary N) is 1. The first-order valence-corrected chi connectivity index (χ1v) is 5.38. The standard InChI is InChI=1S/C12H17NO2/c1-9-5-6-12(15-9)8-14-11-4-2-3-10(13)7-11/h2-4,7,9,12H,5-6,8,13H2,1H3. The summed E-state index contributed by atoms with van der Waals surface area (Å²) < 4.78 is 11.3. The molecule has 3 nitrogen and oxygen atoms in total. The molecule has 1 fully saturated rings. The molecule has 1 aliphatic heterocycles. The predicted molar refractivity (Wildman–Crippen MR) is 59.9 cm³/mol. The van der Waals surface area contributed by atoms with Crippen molar-refractivity contribution in [2.24, 2.45) is 0 Å². The third-order valence-electron chi connectivity index (χ3n) is 2.61. The van der Waals surface area contributed by atoms with E-state index in [4.69, 9.17) is 15.2 Å². The minimum absolute atomic E-state index is 0.237. The van der Waals surface area contributed by atoms with Crippen LogP contribution in [0.15, 0.2) is 24.3 Å². The number of hydrogen-bond acceptors (Lipinski definition) is 3. The van der Waals surface area contributed by atoms with Crippen molar-refractivity contribution in [3.05, 3.63) is 24.3 Å². The van der Waals surface area contributed by atoms with Crippen molar-refractivity contribution in [3.63, 3.8) is 0 Å². The maximum absolute atomic E-state index is 5.66. The largest absolute Gasteiger partial charge is 0.491 e. The monoisotopic (exact) mass is 207 g/mol. The lowest BCUT2D eigenvalue weighted by Gasteiger charge is -2.12. The quantitative estimate of drug-likeness (QED) is 0.773. The Kier molecular flexibility index (Phi) is 3.11. The minimum Gasteiger partial charge on any atom is -0.491 e. The second-order valence-electron chi connectivity index (χ2n) is 4.03. The Labute approximate surface area is 90.2 Å². The summed E-state index contributed by atoms with van der Waals surface area (Å²) in [6.07, 6.45) is 2.83. The summed E-state index contributed by atoms with van der Waals surface area (Å²) in [5.74, 6) is 0.818. The van der Waals surface area contributed by atoms with E-state index in [2.05, 4.69) is 6.92 Å². The van der Waals surface area contributed by atoms with Gasteiger partial charge in [0.1, 0.15) is 12.4 Å². The molecule has 2 rings (SSSR count). The van der Waals surface area contributed by atoms with E-state index in [-0.39, 0.29) is 6.10 Å². The van der Waals surface area contributed by atoms with Gasteiger partial charge >= 0.3 is 0 Å². The van der Waals surface area contributed by atoms with Crippen LogP contribution >= 0.6 is 0 Å². The van der Waals surface area contributed by atoms with Gasteiger partial charge in [0, 0.05) is 11.8 Å². The van der Waals surface area contributed by atoms with Crippen LogP contribution in [0.4, 0.5) is 5.69 Å². The van der Waals surface area contributed by atoms with Gasteiger partial charge in [0.05, 0.1) is 12.2 Å². The number of anilines is 1. The van der Waals surface area contributed by atoms with Gasteiger partial charge in [-0.15, -0.1) is 0 Å². The molecule has 0 radical (unpaired) electrons. The molecule has 0 aliphatic carbocycles. The summed E-state index contributed by atoms with van der Waals surface area (Å²) in [5, 5.41) is 0. The third-order valence-corrected chi connectivity index (χ3v) is 2.61. The van der Waals surface area contributed by atoms with E-state index in [1.807, 2.05) is 24.3 Å². The van der Waals surface area contributed by atoms with Gasteiger partial charge < -0.3 is 15.2 Å². The molecule has 1 aromatic carbocycles. The number of ether oxygens (including phenoxy) is 2. The van der Waals surface area contributed by atoms with Crippen LogP contribution in [0.5, 0.6) is 5.75 Å². The lowest BCUT2D eigenvalue weighted by Crippen LogP contribution is -2.17. The highest BCUT2D eigenvalue weighted by atomic mass is 16.5. The van der Waals surface area contributed by atoms with Crippen molar-refractivity contribution in [2.75, 3.05) is 12.3 Å². The summed E-state index contributed by atoms with van der Waals surface area (Å²) in [5.41, 5.74) is 6.38. The summed E-state index contributed by atoms with van der Waals surface area (Å²) in [4.78, 5) is 0. The molecule has 82 valence electrons. The summed E-state index contributed by atoms with van der Waals surface area (Å²) in [6, 6.07) is 7.48. The fourth-order valence-electron chi connectivity index (χ4n) is 1.80. The zero-order chi connectivity index (χ0) is 10.7. The zero-order valence-corrected chi connectivity index (χ0v) is 8.98. The van der Waals surface area contributed by atoms with Gasteiger partial charge in [-0.05, 0) is 31.9 Å². The average Bonchev–Trinajstić information content (AvgIpc) is 2.62. The van der Waals surface area contributed by atoms with Gasteiger partial charge in [0.15, 0.2) is 0 Å². The van der Waals surface area contributed by atoms with Gasteiger partial charge in [-0.2, -0.15) is 0 Å². The highest BCUT2D eigenvalue weighted by molar-refractivity contribution is 5.43. The van der Waals surface area contributed by atoms with E-state index in [0.717, 1.165) is 24.3 Å². The van der Waals surface area contributed by atoms with Crippen molar-refractivity contribution in [2.45, 2.75) is 32.0 Å². The molecule has 0 amide bonds. The van der Waals surface area contributed by atoms with Crippen LogP contribution in [0.1, 0.15) is 19.8 Å². The average molecular weight is 207 g/mol. The third kappa shape index (κ3) is 2.86. The summed E-state index contributed by atoms with van der Waals surface area (Å²) in [6.45, 7) is 2.72. The van der Waals surface area contributed by atoms with Gasteiger partial charge in [-0.3, -0.25) is 0 Å². The Balaban J connectivity index is 1.83. The highest BCUT2D eigenvalue weighted by Gasteiger charge is 2.22. The second-order valence-corrected chi connectivity index (χ2v) is 4.03. The molecule has 2 unspecified atom stereocenters. The van der Waals surface area contributed by atoms with Crippen molar-refractivity contribution in [1.82, 2.24) is 0 Å². The molecular weight excluding hydrogens is 190 g/mol. The van der Waals surface area contributed by atoms with Crippen LogP contribution in [-0.4, -0.2) is 18.8 Å². The lowest BCUT2D eigenvalue weighted by molar-refractivity contribution is 0.0265. The second kappa shape index (κ2) is 4.53. The molecule has 0 saturated carbocycles. The first-order valence-electron chi connectivity index (χ1n) is 5.38. The summed E-state index contributed by atoms with van der Waals surface area (Å²) in [7, 11) is 0. The first kappa shape index (κ1) is 10.3. The fraction of sp³-hybridized carbons (Fsp3) is 0.500. The zero-order valence-electron chi connectivity index (χ0n) is 8.98. The lowest BCUT2D eigenvalue weighted by atomic mass is 10.2.